The summed E-state index contributed by atoms with van der Waals surface area (Å²) in [6.07, 6.45) is 0. The Labute approximate surface area is 184 Å². The molecule has 3 aromatic carbocycles. The summed E-state index contributed by atoms with van der Waals surface area (Å²) in [5, 5.41) is 4.56. The molecule has 0 fully saturated rings. The zero-order valence-corrected chi connectivity index (χ0v) is 18.3. The zero-order valence-electron chi connectivity index (χ0n) is 16.8. The van der Waals surface area contributed by atoms with Gasteiger partial charge in [-0.25, -0.2) is 12.7 Å². The van der Waals surface area contributed by atoms with Crippen LogP contribution in [0.2, 0.25) is 5.02 Å². The lowest BCUT2D eigenvalue weighted by Crippen LogP contribution is -2.23. The SMILES string of the molecule is CN(C)S(=O)(=O)c1cc(NC(=O)COc2ccc3oc4ccccc4c3c2)ccc1Cl. The van der Waals surface area contributed by atoms with Crippen molar-refractivity contribution in [3.05, 3.63) is 65.7 Å². The predicted molar refractivity (Wildman–Crippen MR) is 120 cm³/mol. The average Bonchev–Trinajstić information content (AvgIpc) is 3.11. The number of furan rings is 1. The van der Waals surface area contributed by atoms with Crippen molar-refractivity contribution in [3.8, 4) is 5.75 Å². The third-order valence-electron chi connectivity index (χ3n) is 4.69. The van der Waals surface area contributed by atoms with E-state index < -0.39 is 15.9 Å². The van der Waals surface area contributed by atoms with Crippen LogP contribution in [0, 0.1) is 0 Å². The number of hydrogen-bond donors (Lipinski definition) is 1. The van der Waals surface area contributed by atoms with E-state index in [9.17, 15) is 13.2 Å². The molecule has 0 aliphatic rings. The van der Waals surface area contributed by atoms with Crippen molar-refractivity contribution in [1.29, 1.82) is 0 Å². The van der Waals surface area contributed by atoms with Crippen LogP contribution in [0.1, 0.15) is 0 Å². The molecule has 1 aromatic heterocycles. The quantitative estimate of drug-likeness (QED) is 0.459. The molecule has 0 aliphatic heterocycles. The molecule has 0 aliphatic carbocycles. The standard InChI is InChI=1S/C22H19ClN2O5S/c1-25(2)31(27,28)21-11-14(7-9-18(21)23)24-22(26)13-29-15-8-10-20-17(12-15)16-5-3-4-6-19(16)30-20/h3-12H,13H2,1-2H3,(H,24,26). The Kier molecular flexibility index (Phi) is 5.62. The van der Waals surface area contributed by atoms with Crippen LogP contribution < -0.4 is 10.1 Å². The molecule has 7 nitrogen and oxygen atoms in total. The van der Waals surface area contributed by atoms with Gasteiger partial charge in [0.15, 0.2) is 6.61 Å². The van der Waals surface area contributed by atoms with Gasteiger partial charge in [0.2, 0.25) is 10.0 Å². The van der Waals surface area contributed by atoms with Gasteiger partial charge in [0.1, 0.15) is 21.8 Å². The fourth-order valence-electron chi connectivity index (χ4n) is 3.12. The van der Waals surface area contributed by atoms with E-state index in [2.05, 4.69) is 5.32 Å². The number of nitrogens with one attached hydrogen (secondary N) is 1. The number of anilines is 1. The van der Waals surface area contributed by atoms with E-state index >= 15 is 0 Å². The first kappa shape index (κ1) is 21.2. The van der Waals surface area contributed by atoms with Crippen LogP contribution >= 0.6 is 11.6 Å². The number of rotatable bonds is 6. The van der Waals surface area contributed by atoms with Crippen molar-refractivity contribution in [1.82, 2.24) is 4.31 Å². The zero-order chi connectivity index (χ0) is 22.2. The Morgan fingerprint density at radius 3 is 2.55 bits per heavy atom. The van der Waals surface area contributed by atoms with E-state index in [1.165, 1.54) is 32.3 Å². The summed E-state index contributed by atoms with van der Waals surface area (Å²) in [6.45, 7) is -0.250. The number of halogens is 1. The van der Waals surface area contributed by atoms with E-state index in [1.54, 1.807) is 12.1 Å². The number of benzene rings is 3. The highest BCUT2D eigenvalue weighted by atomic mass is 35.5. The Morgan fingerprint density at radius 1 is 1.03 bits per heavy atom. The topological polar surface area (TPSA) is 88.9 Å². The number of carbonyl (C=O) groups excluding carboxylic acids is 1. The van der Waals surface area contributed by atoms with Crippen molar-refractivity contribution >= 4 is 55.2 Å². The van der Waals surface area contributed by atoms with Gasteiger partial charge in [0, 0.05) is 30.6 Å². The minimum absolute atomic E-state index is 0.0728. The molecule has 4 aromatic rings. The number of amides is 1. The van der Waals surface area contributed by atoms with Crippen LogP contribution in [0.3, 0.4) is 0 Å². The summed E-state index contributed by atoms with van der Waals surface area (Å²) < 4.78 is 37.2. The third-order valence-corrected chi connectivity index (χ3v) is 6.99. The van der Waals surface area contributed by atoms with Gasteiger partial charge in [-0.1, -0.05) is 29.8 Å². The molecule has 0 atom stereocenters. The smallest absolute Gasteiger partial charge is 0.262 e. The van der Waals surface area contributed by atoms with Crippen LogP contribution in [0.4, 0.5) is 5.69 Å². The van der Waals surface area contributed by atoms with Gasteiger partial charge in [0.25, 0.3) is 5.91 Å². The number of ether oxygens (including phenoxy) is 1. The Morgan fingerprint density at radius 2 is 1.77 bits per heavy atom. The van der Waals surface area contributed by atoms with Crippen LogP contribution in [0.15, 0.2) is 70.0 Å². The van der Waals surface area contributed by atoms with Gasteiger partial charge in [-0.05, 0) is 42.5 Å². The minimum atomic E-state index is -3.74. The molecule has 0 bridgehead atoms. The third kappa shape index (κ3) is 4.23. The van der Waals surface area contributed by atoms with Gasteiger partial charge in [-0.15, -0.1) is 0 Å². The van der Waals surface area contributed by atoms with E-state index in [1.807, 2.05) is 30.3 Å². The lowest BCUT2D eigenvalue weighted by molar-refractivity contribution is -0.118. The highest BCUT2D eigenvalue weighted by Gasteiger charge is 2.21. The Hall–Kier alpha value is -3.07. The predicted octanol–water partition coefficient (Wildman–Crippen LogP) is 4.51. The number of para-hydroxylation sites is 1. The second-order valence-corrected chi connectivity index (χ2v) is 9.55. The van der Waals surface area contributed by atoms with E-state index in [-0.39, 0.29) is 16.5 Å². The number of fused-ring (bicyclic) bond motifs is 3. The summed E-state index contributed by atoms with van der Waals surface area (Å²) in [5.74, 6) is 0.0776. The van der Waals surface area contributed by atoms with Crippen molar-refractivity contribution in [3.63, 3.8) is 0 Å². The molecule has 1 amide bonds. The first-order valence-corrected chi connectivity index (χ1v) is 11.1. The highest BCUT2D eigenvalue weighted by Crippen LogP contribution is 2.31. The van der Waals surface area contributed by atoms with Crippen LogP contribution in [-0.2, 0) is 14.8 Å². The fraction of sp³-hybridized carbons (Fsp3) is 0.136. The van der Waals surface area contributed by atoms with Crippen LogP contribution in [-0.4, -0.2) is 39.3 Å². The van der Waals surface area contributed by atoms with Gasteiger partial charge in [-0.3, -0.25) is 4.79 Å². The first-order valence-electron chi connectivity index (χ1n) is 9.32. The van der Waals surface area contributed by atoms with Gasteiger partial charge >= 0.3 is 0 Å². The first-order chi connectivity index (χ1) is 14.8. The molecular weight excluding hydrogens is 440 g/mol. The molecule has 0 saturated heterocycles. The van der Waals surface area contributed by atoms with Crippen molar-refractivity contribution < 1.29 is 22.4 Å². The monoisotopic (exact) mass is 458 g/mol. The maximum absolute atomic E-state index is 12.4. The van der Waals surface area contributed by atoms with E-state index in [0.717, 1.165) is 26.2 Å². The molecular formula is C22H19ClN2O5S. The summed E-state index contributed by atoms with van der Waals surface area (Å²) in [6, 6.07) is 17.3. The van der Waals surface area contributed by atoms with Crippen molar-refractivity contribution in [2.45, 2.75) is 4.90 Å². The summed E-state index contributed by atoms with van der Waals surface area (Å²) in [5.41, 5.74) is 1.81. The molecule has 9 heteroatoms. The van der Waals surface area contributed by atoms with Crippen molar-refractivity contribution in [2.24, 2.45) is 0 Å². The maximum atomic E-state index is 12.4. The lowest BCUT2D eigenvalue weighted by Gasteiger charge is -2.14. The molecule has 1 heterocycles. The summed E-state index contributed by atoms with van der Waals surface area (Å²) in [7, 11) is -0.929. The molecule has 1 N–H and O–H groups in total. The van der Waals surface area contributed by atoms with Crippen LogP contribution in [0.25, 0.3) is 21.9 Å². The highest BCUT2D eigenvalue weighted by molar-refractivity contribution is 7.89. The van der Waals surface area contributed by atoms with Crippen molar-refractivity contribution in [2.75, 3.05) is 26.0 Å². The molecule has 0 unspecified atom stereocenters. The van der Waals surface area contributed by atoms with Crippen LogP contribution in [0.5, 0.6) is 5.75 Å². The molecule has 4 rings (SSSR count). The molecule has 31 heavy (non-hydrogen) atoms. The fourth-order valence-corrected chi connectivity index (χ4v) is 4.51. The number of hydrogen-bond acceptors (Lipinski definition) is 5. The van der Waals surface area contributed by atoms with Gasteiger partial charge in [-0.2, -0.15) is 0 Å². The van der Waals surface area contributed by atoms with Gasteiger partial charge in [0.05, 0.1) is 5.02 Å². The number of carbonyl (C=O) groups is 1. The lowest BCUT2D eigenvalue weighted by atomic mass is 10.1. The minimum Gasteiger partial charge on any atom is -0.484 e. The number of sulfonamides is 1. The maximum Gasteiger partial charge on any atom is 0.262 e. The molecule has 0 saturated carbocycles. The van der Waals surface area contributed by atoms with E-state index in [0.29, 0.717) is 11.4 Å². The normalized spacial score (nSPS) is 11.9. The second kappa shape index (κ2) is 8.22. The number of nitrogens with zero attached hydrogens (tertiary/aromatic N) is 1. The molecule has 160 valence electrons. The Balaban J connectivity index is 1.48. The van der Waals surface area contributed by atoms with Gasteiger partial charge < -0.3 is 14.5 Å². The summed E-state index contributed by atoms with van der Waals surface area (Å²) in [4.78, 5) is 12.3. The van der Waals surface area contributed by atoms with E-state index in [4.69, 9.17) is 20.8 Å². The Bertz CT molecular complexity index is 1400. The summed E-state index contributed by atoms with van der Waals surface area (Å²) >= 11 is 6.03. The molecule has 0 radical (unpaired) electrons. The largest absolute Gasteiger partial charge is 0.484 e. The second-order valence-electron chi connectivity index (χ2n) is 7.03. The molecule has 0 spiro atoms. The average molecular weight is 459 g/mol.